The number of piperazine rings is 3. The number of nitrogens with one attached hydrogen (secondary N) is 1. The molecule has 0 spiro atoms. The Labute approximate surface area is 647 Å². The van der Waals surface area contributed by atoms with Crippen molar-refractivity contribution in [2.45, 2.75) is 108 Å². The van der Waals surface area contributed by atoms with Crippen LogP contribution in [-0.2, 0) is 32.9 Å². The average Bonchev–Trinajstić information content (AvgIpc) is 1.64. The van der Waals surface area contributed by atoms with Crippen LogP contribution < -0.4 is 0 Å². The van der Waals surface area contributed by atoms with E-state index in [2.05, 4.69) is 40.4 Å². The molecule has 11 aromatic rings. The molecule has 1 aliphatic carbocycles. The predicted molar refractivity (Wildman–Crippen MR) is 390 cm³/mol. The normalized spacial score (nSPS) is 18.5. The van der Waals surface area contributed by atoms with Gasteiger partial charge in [-0.05, 0) is 144 Å². The number of imidazole rings is 3. The first kappa shape index (κ1) is 79.5. The van der Waals surface area contributed by atoms with Gasteiger partial charge in [-0.3, -0.25) is 33.9 Å². The molecule has 0 radical (unpaired) electrons. The highest BCUT2D eigenvalue weighted by atomic mass is 19.4. The number of carbonyl (C=O) groups excluding carboxylic acids is 6. The van der Waals surface area contributed by atoms with Crippen LogP contribution in [0.1, 0.15) is 124 Å². The Morgan fingerprint density at radius 1 is 0.409 bits per heavy atom. The van der Waals surface area contributed by atoms with Crippen LogP contribution in [0, 0.1) is 23.4 Å². The summed E-state index contributed by atoms with van der Waals surface area (Å²) < 4.78 is 173. The van der Waals surface area contributed by atoms with E-state index in [4.69, 9.17) is 4.74 Å². The van der Waals surface area contributed by atoms with Gasteiger partial charge < -0.3 is 34.1 Å². The number of hydrogen-bond donors (Lipinski definition) is 1. The predicted octanol–water partition coefficient (Wildman–Crippen LogP) is 13.1. The SMILES string of the molecule is C[C@H]1CN(C(=O)c2cn3nc(-c4ccc(F)cc4)cc(C(F)(F)F)c3n2)CCN1C(=O)C1CCCCC1.C[C@H]1CN(C(=O)c2cn3nc(-c4ccc(F)cc4)cc(C(F)(F)F)c3n2)CCN1C(=O)[C@@H]1CCCO1.C[C@H]1CN(C(=O)c2cn3nc(-c4ccc(F)cc4)cc(C(F)(F)F)c3n2)CCN1C(=O)c1cc(-c2ccccc2)n[nH]1. The third kappa shape index (κ3) is 17.2. The number of amides is 6. The van der Waals surface area contributed by atoms with Crippen LogP contribution in [0.15, 0.2) is 146 Å². The van der Waals surface area contributed by atoms with Crippen molar-refractivity contribution >= 4 is 52.4 Å². The van der Waals surface area contributed by atoms with E-state index in [0.717, 1.165) is 125 Å². The smallest absolute Gasteiger partial charge is 0.368 e. The van der Waals surface area contributed by atoms with Crippen molar-refractivity contribution in [2.24, 2.45) is 5.92 Å². The summed E-state index contributed by atoms with van der Waals surface area (Å²) >= 11 is 0. The second-order valence-corrected chi connectivity index (χ2v) is 28.8. The minimum atomic E-state index is -4.78. The summed E-state index contributed by atoms with van der Waals surface area (Å²) in [5.41, 5.74) is -2.72. The summed E-state index contributed by atoms with van der Waals surface area (Å²) in [6, 6.07) is 27.4. The first-order chi connectivity index (χ1) is 54.8. The van der Waals surface area contributed by atoms with Gasteiger partial charge in [0.1, 0.15) is 63.0 Å². The van der Waals surface area contributed by atoms with Crippen molar-refractivity contribution in [3.63, 3.8) is 0 Å². The van der Waals surface area contributed by atoms with E-state index in [1.54, 1.807) is 22.8 Å². The molecule has 4 saturated heterocycles. The quantitative estimate of drug-likeness (QED) is 0.125. The van der Waals surface area contributed by atoms with E-state index < -0.39 is 93.4 Å². The first-order valence-electron chi connectivity index (χ1n) is 37.0. The number of nitrogens with zero attached hydrogens (tertiary/aromatic N) is 16. The highest BCUT2D eigenvalue weighted by Crippen LogP contribution is 2.39. The molecule has 36 heteroatoms. The van der Waals surface area contributed by atoms with Crippen molar-refractivity contribution in [3.8, 4) is 45.0 Å². The zero-order valence-electron chi connectivity index (χ0n) is 61.8. The fourth-order valence-electron chi connectivity index (χ4n) is 14.9. The van der Waals surface area contributed by atoms with E-state index in [1.807, 2.05) is 49.1 Å². The molecule has 0 bridgehead atoms. The number of halogens is 12. The van der Waals surface area contributed by atoms with E-state index in [9.17, 15) is 81.5 Å². The molecular formula is C79H73F12N17O7. The number of alkyl halides is 9. The lowest BCUT2D eigenvalue weighted by molar-refractivity contribution is -0.145. The zero-order valence-corrected chi connectivity index (χ0v) is 61.8. The summed E-state index contributed by atoms with van der Waals surface area (Å²) in [5.74, 6) is -3.46. The Bertz CT molecular complexity index is 5450. The Morgan fingerprint density at radius 3 is 1.13 bits per heavy atom. The second kappa shape index (κ2) is 32.4. The number of rotatable bonds is 10. The molecule has 6 amide bonds. The maximum absolute atomic E-state index is 14.0. The van der Waals surface area contributed by atoms with Gasteiger partial charge in [0, 0.05) is 112 Å². The fourth-order valence-corrected chi connectivity index (χ4v) is 14.9. The van der Waals surface area contributed by atoms with E-state index in [-0.39, 0.29) is 133 Å². The minimum absolute atomic E-state index is 0.0269. The van der Waals surface area contributed by atoms with Crippen LogP contribution in [0.3, 0.4) is 0 Å². The third-order valence-corrected chi connectivity index (χ3v) is 20.9. The van der Waals surface area contributed by atoms with Gasteiger partial charge in [-0.15, -0.1) is 0 Å². The standard InChI is InChI=1S/C29H23F4N7O2.C26H27F4N5O2.C24H23F4N5O3/c1-17-15-38(11-12-39(17)28(42)24-14-22(35-36-24)18-5-3-2-4-6-18)27(41)25-16-40-26(34-25)21(29(31,32)33)13-23(37-40)19-7-9-20(30)10-8-19;1-16-14-33(11-12-34(16)24(36)18-5-3-2-4-6-18)25(37)22-15-35-23(31-22)20(26(28,29)30)13-21(32-35)17-7-9-19(27)10-8-17;1-14-12-31(8-9-32(14)23(35)20-3-2-10-36-20)22(34)19-13-33-21(29-19)17(24(26,27)28)11-18(30-33)15-4-6-16(25)7-5-15/h2-10,13-14,16-17H,11-12,15H2,1H3,(H,35,36);7-10,13,15-16,18H,2-6,11-12,14H2,1H3;4-7,11,13-14,20H,2-3,8-10,12H2,1H3/t17-;16-;14-,20-/m000/s1. The van der Waals surface area contributed by atoms with Gasteiger partial charge in [0.15, 0.2) is 16.9 Å². The third-order valence-electron chi connectivity index (χ3n) is 20.9. The van der Waals surface area contributed by atoms with Crippen LogP contribution in [0.5, 0.6) is 0 Å². The number of H-pyrrole nitrogens is 1. The molecule has 600 valence electrons. The molecule has 4 atom stereocenters. The van der Waals surface area contributed by atoms with Crippen molar-refractivity contribution in [2.75, 3.05) is 65.5 Å². The monoisotopic (exact) mass is 1600 g/mol. The van der Waals surface area contributed by atoms with Crippen LogP contribution in [0.2, 0.25) is 0 Å². The van der Waals surface area contributed by atoms with Crippen LogP contribution in [0.4, 0.5) is 52.7 Å². The zero-order chi connectivity index (χ0) is 81.5. The number of aromatic amines is 1. The topological polar surface area (TPSA) is 250 Å². The number of ether oxygens (including phenoxy) is 1. The van der Waals surface area contributed by atoms with E-state index >= 15 is 0 Å². The summed E-state index contributed by atoms with van der Waals surface area (Å²) in [4.78, 5) is 100. The Balaban J connectivity index is 0.000000143. The van der Waals surface area contributed by atoms with Gasteiger partial charge in [-0.25, -0.2) is 41.7 Å². The lowest BCUT2D eigenvalue weighted by Crippen LogP contribution is -2.57. The highest BCUT2D eigenvalue weighted by molar-refractivity contribution is 5.96. The van der Waals surface area contributed by atoms with Gasteiger partial charge in [0.05, 0.1) is 41.4 Å². The summed E-state index contributed by atoms with van der Waals surface area (Å²) in [6.07, 6.45) is -4.73. The molecule has 1 saturated carbocycles. The average molecular weight is 1600 g/mol. The lowest BCUT2D eigenvalue weighted by Gasteiger charge is -2.41. The van der Waals surface area contributed by atoms with Crippen LogP contribution in [0.25, 0.3) is 62.0 Å². The molecule has 7 aromatic heterocycles. The molecule has 5 aliphatic rings. The summed E-state index contributed by atoms with van der Waals surface area (Å²) in [7, 11) is 0. The molecule has 11 heterocycles. The molecule has 5 fully saturated rings. The van der Waals surface area contributed by atoms with Gasteiger partial charge >= 0.3 is 18.5 Å². The summed E-state index contributed by atoms with van der Waals surface area (Å²) in [5, 5.41) is 19.6. The number of hydrogen-bond acceptors (Lipinski definition) is 14. The molecule has 115 heavy (non-hydrogen) atoms. The molecule has 4 aromatic carbocycles. The van der Waals surface area contributed by atoms with Gasteiger partial charge in [-0.1, -0.05) is 49.6 Å². The maximum atomic E-state index is 14.0. The maximum Gasteiger partial charge on any atom is 0.420 e. The lowest BCUT2D eigenvalue weighted by atomic mass is 9.88. The molecule has 16 rings (SSSR count). The minimum Gasteiger partial charge on any atom is -0.368 e. The van der Waals surface area contributed by atoms with Crippen molar-refractivity contribution in [1.29, 1.82) is 0 Å². The van der Waals surface area contributed by atoms with E-state index in [0.29, 0.717) is 43.1 Å². The summed E-state index contributed by atoms with van der Waals surface area (Å²) in [6.45, 7) is 8.18. The molecule has 4 aliphatic heterocycles. The second-order valence-electron chi connectivity index (χ2n) is 28.8. The molecule has 0 unspecified atom stereocenters. The van der Waals surface area contributed by atoms with Crippen LogP contribution in [-0.4, -0.2) is 209 Å². The van der Waals surface area contributed by atoms with Crippen molar-refractivity contribution in [3.05, 3.63) is 203 Å². The van der Waals surface area contributed by atoms with Gasteiger partial charge in [0.25, 0.3) is 29.5 Å². The Hall–Kier alpha value is -12.1. The van der Waals surface area contributed by atoms with E-state index in [1.165, 1.54) is 57.3 Å². The number of aromatic nitrogens is 11. The largest absolute Gasteiger partial charge is 0.420 e. The highest BCUT2D eigenvalue weighted by Gasteiger charge is 2.43. The fraction of sp³-hybridized carbons (Fsp3) is 0.354. The number of fused-ring (bicyclic) bond motifs is 3. The van der Waals surface area contributed by atoms with Crippen LogP contribution >= 0.6 is 0 Å². The Kier molecular flexibility index (Phi) is 22.4. The molecular weight excluding hydrogens is 1530 g/mol. The molecule has 24 nitrogen and oxygen atoms in total. The van der Waals surface area contributed by atoms with Gasteiger partial charge in [0.2, 0.25) is 5.91 Å². The van der Waals surface area contributed by atoms with Crippen molar-refractivity contribution in [1.82, 2.24) is 83.4 Å². The van der Waals surface area contributed by atoms with Crippen molar-refractivity contribution < 1.29 is 86.2 Å². The molecule has 1 N–H and O–H groups in total. The number of benzene rings is 4. The Morgan fingerprint density at radius 2 is 0.774 bits per heavy atom. The van der Waals surface area contributed by atoms with Gasteiger partial charge in [-0.2, -0.15) is 59.9 Å². The number of carbonyl (C=O) groups is 6. The first-order valence-corrected chi connectivity index (χ1v) is 37.0.